The summed E-state index contributed by atoms with van der Waals surface area (Å²) < 4.78 is 0. The van der Waals surface area contributed by atoms with Gasteiger partial charge < -0.3 is 10.2 Å². The molecule has 1 aromatic heterocycles. The molecule has 0 radical (unpaired) electrons. The second kappa shape index (κ2) is 6.84. The molecule has 0 fully saturated rings. The maximum absolute atomic E-state index is 11.5. The Bertz CT molecular complexity index is 512. The molecule has 0 saturated carbocycles. The van der Waals surface area contributed by atoms with E-state index in [0.717, 1.165) is 0 Å². The van der Waals surface area contributed by atoms with Crippen molar-refractivity contribution < 1.29 is 24.6 Å². The molecule has 0 aliphatic carbocycles. The number of aliphatic carboxylic acids is 2. The van der Waals surface area contributed by atoms with Crippen molar-refractivity contribution in [2.45, 2.75) is 12.8 Å². The van der Waals surface area contributed by atoms with Gasteiger partial charge in [-0.05, 0) is 12.1 Å². The van der Waals surface area contributed by atoms with Crippen molar-refractivity contribution in [2.75, 3.05) is 0 Å². The van der Waals surface area contributed by atoms with E-state index < -0.39 is 23.6 Å². The second-order valence-electron chi connectivity index (χ2n) is 3.44. The molecule has 100 valence electrons. The lowest BCUT2D eigenvalue weighted by Crippen LogP contribution is -2.24. The number of nitrogens with zero attached hydrogens (tertiary/aromatic N) is 2. The predicted molar refractivity (Wildman–Crippen MR) is 63.6 cm³/mol. The minimum absolute atomic E-state index is 0.217. The summed E-state index contributed by atoms with van der Waals surface area (Å²) in [6.07, 6.45) is 2.12. The molecule has 19 heavy (non-hydrogen) atoms. The Hall–Kier alpha value is -2.77. The first-order chi connectivity index (χ1) is 9.00. The van der Waals surface area contributed by atoms with Gasteiger partial charge in [-0.1, -0.05) is 0 Å². The Labute approximate surface area is 107 Å². The molecule has 0 aliphatic rings. The molecule has 0 aliphatic heterocycles. The fourth-order valence-electron chi connectivity index (χ4n) is 1.12. The molecule has 1 amide bonds. The summed E-state index contributed by atoms with van der Waals surface area (Å²) in [5.41, 5.74) is 1.83. The van der Waals surface area contributed by atoms with Gasteiger partial charge in [-0.3, -0.25) is 14.6 Å². The van der Waals surface area contributed by atoms with Crippen molar-refractivity contribution in [3.05, 3.63) is 30.1 Å². The Balaban J connectivity index is 2.68. The van der Waals surface area contributed by atoms with E-state index in [0.29, 0.717) is 0 Å². The number of aromatic nitrogens is 1. The summed E-state index contributed by atoms with van der Waals surface area (Å²) in [6, 6.07) is 3.02. The first-order valence-corrected chi connectivity index (χ1v) is 5.22. The summed E-state index contributed by atoms with van der Waals surface area (Å²) >= 11 is 0. The van der Waals surface area contributed by atoms with Crippen LogP contribution in [0.4, 0.5) is 0 Å². The van der Waals surface area contributed by atoms with Crippen molar-refractivity contribution in [3.63, 3.8) is 0 Å². The monoisotopic (exact) mass is 265 g/mol. The number of nitrogens with one attached hydrogen (secondary N) is 1. The zero-order valence-corrected chi connectivity index (χ0v) is 9.74. The Kier molecular flexibility index (Phi) is 5.15. The zero-order valence-electron chi connectivity index (χ0n) is 9.74. The minimum atomic E-state index is -1.38. The van der Waals surface area contributed by atoms with Crippen molar-refractivity contribution in [1.82, 2.24) is 10.4 Å². The van der Waals surface area contributed by atoms with Crippen molar-refractivity contribution in [3.8, 4) is 0 Å². The summed E-state index contributed by atoms with van der Waals surface area (Å²) in [5.74, 6) is -3.15. The molecule has 1 heterocycles. The summed E-state index contributed by atoms with van der Waals surface area (Å²) in [5, 5.41) is 20.6. The van der Waals surface area contributed by atoms with Crippen LogP contribution in [0.2, 0.25) is 0 Å². The van der Waals surface area contributed by atoms with Crippen LogP contribution in [0.3, 0.4) is 0 Å². The molecule has 8 nitrogen and oxygen atoms in total. The third-order valence-corrected chi connectivity index (χ3v) is 2.04. The number of hydrogen-bond donors (Lipinski definition) is 3. The van der Waals surface area contributed by atoms with E-state index in [1.54, 1.807) is 6.07 Å². The average molecular weight is 265 g/mol. The highest BCUT2D eigenvalue weighted by Crippen LogP contribution is 1.97. The minimum Gasteiger partial charge on any atom is -0.481 e. The highest BCUT2D eigenvalue weighted by molar-refractivity contribution is 6.35. The van der Waals surface area contributed by atoms with Gasteiger partial charge in [0.25, 0.3) is 5.91 Å². The first kappa shape index (κ1) is 14.3. The van der Waals surface area contributed by atoms with Gasteiger partial charge in [0.15, 0.2) is 0 Å². The van der Waals surface area contributed by atoms with Gasteiger partial charge in [0.1, 0.15) is 5.71 Å². The number of carboxylic acids is 2. The van der Waals surface area contributed by atoms with Gasteiger partial charge in [-0.25, -0.2) is 10.2 Å². The van der Waals surface area contributed by atoms with Crippen molar-refractivity contribution in [1.29, 1.82) is 0 Å². The molecule has 0 bridgehead atoms. The van der Waals surface area contributed by atoms with E-state index >= 15 is 0 Å². The van der Waals surface area contributed by atoms with Gasteiger partial charge in [0, 0.05) is 18.8 Å². The average Bonchev–Trinajstić information content (AvgIpc) is 2.38. The Morgan fingerprint density at radius 3 is 2.53 bits per heavy atom. The number of carbonyl (C=O) groups excluding carboxylic acids is 1. The van der Waals surface area contributed by atoms with Gasteiger partial charge in [0.05, 0.1) is 12.0 Å². The van der Waals surface area contributed by atoms with E-state index in [-0.39, 0.29) is 18.4 Å². The van der Waals surface area contributed by atoms with E-state index in [1.165, 1.54) is 18.5 Å². The van der Waals surface area contributed by atoms with Crippen LogP contribution >= 0.6 is 0 Å². The predicted octanol–water partition coefficient (Wildman–Crippen LogP) is 0.117. The first-order valence-electron chi connectivity index (χ1n) is 5.22. The van der Waals surface area contributed by atoms with Crippen LogP contribution in [0.25, 0.3) is 0 Å². The van der Waals surface area contributed by atoms with Crippen molar-refractivity contribution >= 4 is 23.6 Å². The van der Waals surface area contributed by atoms with Crippen LogP contribution in [0.1, 0.15) is 23.2 Å². The molecule has 8 heteroatoms. The third-order valence-electron chi connectivity index (χ3n) is 2.04. The third kappa shape index (κ3) is 4.94. The molecular weight excluding hydrogens is 254 g/mol. The number of carboxylic acid groups (broad SMARTS) is 2. The number of amides is 1. The van der Waals surface area contributed by atoms with Gasteiger partial charge >= 0.3 is 11.9 Å². The molecule has 1 aromatic rings. The normalized spacial score (nSPS) is 10.8. The largest absolute Gasteiger partial charge is 0.481 e. The quantitative estimate of drug-likeness (QED) is 0.494. The lowest BCUT2D eigenvalue weighted by Gasteiger charge is -2.01. The van der Waals surface area contributed by atoms with E-state index in [9.17, 15) is 14.4 Å². The van der Waals surface area contributed by atoms with Crippen molar-refractivity contribution in [2.24, 2.45) is 5.10 Å². The highest BCUT2D eigenvalue weighted by Gasteiger charge is 2.13. The van der Waals surface area contributed by atoms with Gasteiger partial charge in [-0.15, -0.1) is 0 Å². The van der Waals surface area contributed by atoms with Crippen LogP contribution in [-0.4, -0.2) is 38.8 Å². The summed E-state index contributed by atoms with van der Waals surface area (Å²) in [7, 11) is 0. The molecule has 0 aromatic carbocycles. The van der Waals surface area contributed by atoms with Gasteiger partial charge in [-0.2, -0.15) is 5.10 Å². The highest BCUT2D eigenvalue weighted by atomic mass is 16.4. The zero-order chi connectivity index (χ0) is 14.3. The molecule has 0 atom stereocenters. The number of carbonyl (C=O) groups is 3. The maximum atomic E-state index is 11.5. The topological polar surface area (TPSA) is 129 Å². The molecule has 0 saturated heterocycles. The van der Waals surface area contributed by atoms with Crippen LogP contribution in [-0.2, 0) is 9.59 Å². The van der Waals surface area contributed by atoms with E-state index in [4.69, 9.17) is 10.2 Å². The summed E-state index contributed by atoms with van der Waals surface area (Å²) in [6.45, 7) is 0. The van der Waals surface area contributed by atoms with Crippen LogP contribution in [0.15, 0.2) is 29.6 Å². The number of hydrogen-bond acceptors (Lipinski definition) is 5. The van der Waals surface area contributed by atoms with E-state index in [1.807, 2.05) is 5.43 Å². The van der Waals surface area contributed by atoms with Gasteiger partial charge in [0.2, 0.25) is 0 Å². The Morgan fingerprint density at radius 2 is 2.00 bits per heavy atom. The molecule has 1 rings (SSSR count). The standard InChI is InChI=1S/C11H11N3O5/c15-9(16)4-3-8(11(18)19)13-14-10(17)7-2-1-5-12-6-7/h1-2,5-6H,3-4H2,(H,14,17)(H,15,16)(H,18,19). The van der Waals surface area contributed by atoms with Crippen LogP contribution in [0.5, 0.6) is 0 Å². The summed E-state index contributed by atoms with van der Waals surface area (Å²) in [4.78, 5) is 36.4. The lowest BCUT2D eigenvalue weighted by molar-refractivity contribution is -0.136. The molecule has 0 unspecified atom stereocenters. The smallest absolute Gasteiger partial charge is 0.352 e. The Morgan fingerprint density at radius 1 is 1.26 bits per heavy atom. The second-order valence-corrected chi connectivity index (χ2v) is 3.44. The SMILES string of the molecule is O=C(O)CCC(=NNC(=O)c1cccnc1)C(=O)O. The number of hydrazone groups is 1. The lowest BCUT2D eigenvalue weighted by atomic mass is 10.2. The molecule has 0 spiro atoms. The maximum Gasteiger partial charge on any atom is 0.352 e. The molecular formula is C11H11N3O5. The van der Waals surface area contributed by atoms with E-state index in [2.05, 4.69) is 10.1 Å². The fourth-order valence-corrected chi connectivity index (χ4v) is 1.12. The van der Waals surface area contributed by atoms with Crippen LogP contribution < -0.4 is 5.43 Å². The number of pyridine rings is 1. The molecule has 3 N–H and O–H groups in total. The van der Waals surface area contributed by atoms with Crippen LogP contribution in [0, 0.1) is 0 Å². The fraction of sp³-hybridized carbons (Fsp3) is 0.182. The number of rotatable bonds is 6.